The van der Waals surface area contributed by atoms with Crippen LogP contribution in [0.3, 0.4) is 0 Å². The molecule has 0 amide bonds. The number of aliphatic hydroxyl groups excluding tert-OH is 1. The monoisotopic (exact) mass is 440 g/mol. The van der Waals surface area contributed by atoms with Crippen LogP contribution in [0, 0.1) is 5.41 Å². The molecule has 1 saturated heterocycles. The van der Waals surface area contributed by atoms with Crippen molar-refractivity contribution < 1.29 is 19.0 Å². The molecule has 1 saturated carbocycles. The van der Waals surface area contributed by atoms with Gasteiger partial charge >= 0.3 is 0 Å². The third-order valence-electron chi connectivity index (χ3n) is 6.91. The normalized spacial score (nSPS) is 30.4. The third-order valence-corrected chi connectivity index (χ3v) is 11.9. The maximum absolute atomic E-state index is 10.7. The summed E-state index contributed by atoms with van der Waals surface area (Å²) >= 11 is 0. The zero-order valence-electron chi connectivity index (χ0n) is 19.6. The van der Waals surface area contributed by atoms with Crippen LogP contribution in [0.2, 0.25) is 5.04 Å². The lowest BCUT2D eigenvalue weighted by molar-refractivity contribution is -0.176. The van der Waals surface area contributed by atoms with E-state index in [2.05, 4.69) is 88.4 Å². The topological polar surface area (TPSA) is 47.9 Å². The fourth-order valence-electron chi connectivity index (χ4n) is 5.50. The Labute approximate surface area is 187 Å². The minimum atomic E-state index is -2.64. The Bertz CT molecular complexity index is 853. The van der Waals surface area contributed by atoms with Gasteiger partial charge in [0.2, 0.25) is 0 Å². The predicted octanol–water partition coefficient (Wildman–Crippen LogP) is 3.85. The molecule has 4 rings (SSSR count). The van der Waals surface area contributed by atoms with Gasteiger partial charge in [-0.05, 0) is 35.7 Å². The molecule has 5 heteroatoms. The van der Waals surface area contributed by atoms with E-state index < -0.39 is 20.2 Å². The summed E-state index contributed by atoms with van der Waals surface area (Å²) in [6.45, 7) is 13.4. The second-order valence-corrected chi connectivity index (χ2v) is 15.2. The zero-order valence-corrected chi connectivity index (χ0v) is 20.6. The molecule has 168 valence electrons. The van der Waals surface area contributed by atoms with E-state index >= 15 is 0 Å². The van der Waals surface area contributed by atoms with Crippen LogP contribution >= 0.6 is 0 Å². The second-order valence-electron chi connectivity index (χ2n) is 10.9. The molecule has 2 aromatic carbocycles. The van der Waals surface area contributed by atoms with Gasteiger partial charge in [-0.15, -0.1) is 0 Å². The number of fused-ring (bicyclic) bond motifs is 1. The van der Waals surface area contributed by atoms with Crippen LogP contribution in [0.15, 0.2) is 60.7 Å². The highest BCUT2D eigenvalue weighted by Crippen LogP contribution is 2.50. The van der Waals surface area contributed by atoms with Crippen LogP contribution in [-0.4, -0.2) is 44.1 Å². The quantitative estimate of drug-likeness (QED) is 0.718. The highest BCUT2D eigenvalue weighted by atomic mass is 28.4. The molecule has 2 aliphatic rings. The summed E-state index contributed by atoms with van der Waals surface area (Å²) in [5.74, 6) is -0.685. The summed E-state index contributed by atoms with van der Waals surface area (Å²) in [7, 11) is -2.64. The van der Waals surface area contributed by atoms with E-state index in [9.17, 15) is 5.11 Å². The third kappa shape index (κ3) is 3.91. The maximum atomic E-state index is 10.7. The van der Waals surface area contributed by atoms with Crippen LogP contribution in [0.5, 0.6) is 0 Å². The van der Waals surface area contributed by atoms with Gasteiger partial charge < -0.3 is 19.0 Å². The van der Waals surface area contributed by atoms with Gasteiger partial charge in [0.05, 0.1) is 12.2 Å². The van der Waals surface area contributed by atoms with Gasteiger partial charge in [0.25, 0.3) is 8.32 Å². The summed E-state index contributed by atoms with van der Waals surface area (Å²) < 4.78 is 19.5. The molecule has 1 heterocycles. The molecule has 31 heavy (non-hydrogen) atoms. The van der Waals surface area contributed by atoms with Gasteiger partial charge in [-0.25, -0.2) is 0 Å². The second kappa shape index (κ2) is 7.82. The van der Waals surface area contributed by atoms with Crippen molar-refractivity contribution in [2.75, 3.05) is 6.61 Å². The Morgan fingerprint density at radius 3 is 1.94 bits per heavy atom. The first-order chi connectivity index (χ1) is 14.5. The minimum Gasteiger partial charge on any atom is -0.407 e. The van der Waals surface area contributed by atoms with Crippen molar-refractivity contribution in [2.45, 2.75) is 77.1 Å². The van der Waals surface area contributed by atoms with Crippen molar-refractivity contribution in [3.8, 4) is 0 Å². The molecule has 1 aliphatic carbocycles. The van der Waals surface area contributed by atoms with Crippen LogP contribution in [0.4, 0.5) is 0 Å². The van der Waals surface area contributed by atoms with E-state index in [1.54, 1.807) is 0 Å². The first kappa shape index (κ1) is 22.7. The zero-order chi connectivity index (χ0) is 22.5. The van der Waals surface area contributed by atoms with E-state index in [1.807, 2.05) is 13.8 Å². The lowest BCUT2D eigenvalue weighted by Gasteiger charge is -2.45. The largest absolute Gasteiger partial charge is 0.407 e. The van der Waals surface area contributed by atoms with E-state index in [0.29, 0.717) is 13.0 Å². The molecule has 2 aromatic rings. The number of hydrogen-bond acceptors (Lipinski definition) is 4. The molecular weight excluding hydrogens is 404 g/mol. The predicted molar refractivity (Wildman–Crippen MR) is 126 cm³/mol. The van der Waals surface area contributed by atoms with Crippen LogP contribution in [0.1, 0.15) is 48.0 Å². The van der Waals surface area contributed by atoms with Gasteiger partial charge in [0, 0.05) is 12.0 Å². The average Bonchev–Trinajstić information content (AvgIpc) is 3.15. The SMILES string of the molecule is CC1(C)OC2[C@H](O1)[C@@H](O)C[C@@]2(C)CO[Si](c1ccccc1)(c1ccccc1)C(C)(C)C. The first-order valence-electron chi connectivity index (χ1n) is 11.3. The molecule has 1 aliphatic heterocycles. The van der Waals surface area contributed by atoms with Crippen molar-refractivity contribution in [1.29, 1.82) is 0 Å². The summed E-state index contributed by atoms with van der Waals surface area (Å²) in [6.07, 6.45) is -0.422. The van der Waals surface area contributed by atoms with Crippen molar-refractivity contribution >= 4 is 18.7 Å². The summed E-state index contributed by atoms with van der Waals surface area (Å²) in [6, 6.07) is 21.3. The van der Waals surface area contributed by atoms with E-state index in [4.69, 9.17) is 13.9 Å². The molecule has 0 bridgehead atoms. The Morgan fingerprint density at radius 2 is 1.45 bits per heavy atom. The first-order valence-corrected chi connectivity index (χ1v) is 13.2. The fraction of sp³-hybridized carbons (Fsp3) is 0.538. The molecule has 4 atom stereocenters. The van der Waals surface area contributed by atoms with Crippen LogP contribution in [-0.2, 0) is 13.9 Å². The molecule has 1 N–H and O–H groups in total. The number of hydrogen-bond donors (Lipinski definition) is 1. The molecule has 0 radical (unpaired) electrons. The van der Waals surface area contributed by atoms with Crippen molar-refractivity contribution in [2.24, 2.45) is 5.41 Å². The Morgan fingerprint density at radius 1 is 0.935 bits per heavy atom. The minimum absolute atomic E-state index is 0.0883. The average molecular weight is 441 g/mol. The lowest BCUT2D eigenvalue weighted by Crippen LogP contribution is -2.67. The van der Waals surface area contributed by atoms with E-state index in [1.165, 1.54) is 10.4 Å². The fourth-order valence-corrected chi connectivity index (χ4v) is 10.2. The van der Waals surface area contributed by atoms with Gasteiger partial charge in [-0.2, -0.15) is 0 Å². The van der Waals surface area contributed by atoms with Crippen molar-refractivity contribution in [3.05, 3.63) is 60.7 Å². The molecule has 0 spiro atoms. The Balaban J connectivity index is 1.74. The van der Waals surface area contributed by atoms with E-state index in [-0.39, 0.29) is 22.7 Å². The Kier molecular flexibility index (Phi) is 5.72. The highest BCUT2D eigenvalue weighted by Gasteiger charge is 2.60. The standard InChI is InChI=1S/C26H36O4Si/c1-24(2,3)31(19-13-9-7-10-14-19,20-15-11-8-12-16-20)28-18-26(6)17-21(27)22-23(26)30-25(4,5)29-22/h7-16,21-23,27H,17-18H2,1-6H3/t21-,22+,23?,26-/m0/s1. The summed E-state index contributed by atoms with van der Waals surface area (Å²) in [5.41, 5.74) is -0.328. The van der Waals surface area contributed by atoms with Crippen molar-refractivity contribution in [1.82, 2.24) is 0 Å². The number of benzene rings is 2. The molecule has 4 nitrogen and oxygen atoms in total. The van der Waals surface area contributed by atoms with Gasteiger partial charge in [0.1, 0.15) is 6.10 Å². The summed E-state index contributed by atoms with van der Waals surface area (Å²) in [4.78, 5) is 0. The van der Waals surface area contributed by atoms with Gasteiger partial charge in [0.15, 0.2) is 5.79 Å². The van der Waals surface area contributed by atoms with Crippen LogP contribution < -0.4 is 10.4 Å². The number of ether oxygens (including phenoxy) is 2. The van der Waals surface area contributed by atoms with Crippen LogP contribution in [0.25, 0.3) is 0 Å². The number of rotatable bonds is 5. The van der Waals surface area contributed by atoms with E-state index in [0.717, 1.165) is 0 Å². The molecule has 2 fully saturated rings. The summed E-state index contributed by atoms with van der Waals surface area (Å²) in [5, 5.41) is 13.2. The van der Waals surface area contributed by atoms with Crippen molar-refractivity contribution in [3.63, 3.8) is 0 Å². The smallest absolute Gasteiger partial charge is 0.261 e. The van der Waals surface area contributed by atoms with Gasteiger partial charge in [-0.3, -0.25) is 0 Å². The molecule has 1 unspecified atom stereocenters. The van der Waals surface area contributed by atoms with Gasteiger partial charge in [-0.1, -0.05) is 88.4 Å². The molecular formula is C26H36O4Si. The maximum Gasteiger partial charge on any atom is 0.261 e. The highest BCUT2D eigenvalue weighted by molar-refractivity contribution is 6.99. The lowest BCUT2D eigenvalue weighted by atomic mass is 9.87. The Hall–Kier alpha value is -1.50. The molecule has 0 aromatic heterocycles. The number of aliphatic hydroxyl groups is 1.